The minimum atomic E-state index is -0.0807. The molecule has 0 radical (unpaired) electrons. The van der Waals surface area contributed by atoms with Gasteiger partial charge >= 0.3 is 0 Å². The number of benzene rings is 3. The Labute approximate surface area is 166 Å². The number of hydrogen-bond donors (Lipinski definition) is 1. The van der Waals surface area contributed by atoms with Crippen LogP contribution in [0.4, 0.5) is 11.4 Å². The van der Waals surface area contributed by atoms with Gasteiger partial charge < -0.3 is 10.2 Å². The molecule has 1 N–H and O–H groups in total. The first-order valence-corrected chi connectivity index (χ1v) is 9.76. The van der Waals surface area contributed by atoms with Crippen LogP contribution in [0.2, 0.25) is 0 Å². The van der Waals surface area contributed by atoms with Gasteiger partial charge in [0.05, 0.1) is 0 Å². The Morgan fingerprint density at radius 3 is 2.00 bits per heavy atom. The number of nitrogens with one attached hydrogen (secondary N) is 1. The fourth-order valence-corrected chi connectivity index (χ4v) is 3.55. The smallest absolute Gasteiger partial charge is 0.255 e. The van der Waals surface area contributed by atoms with E-state index in [2.05, 4.69) is 57.6 Å². The zero-order chi connectivity index (χ0) is 19.2. The van der Waals surface area contributed by atoms with Gasteiger partial charge in [0.15, 0.2) is 0 Å². The molecule has 0 aromatic heterocycles. The Kier molecular flexibility index (Phi) is 5.69. The molecule has 0 bridgehead atoms. The predicted octanol–water partition coefficient (Wildman–Crippen LogP) is 4.26. The van der Waals surface area contributed by atoms with Crippen LogP contribution in [0, 0.1) is 0 Å². The molecule has 1 amide bonds. The molecule has 28 heavy (non-hydrogen) atoms. The zero-order valence-corrected chi connectivity index (χ0v) is 15.9. The summed E-state index contributed by atoms with van der Waals surface area (Å²) in [7, 11) is 0. The minimum absolute atomic E-state index is 0.0807. The van der Waals surface area contributed by atoms with Crippen molar-refractivity contribution in [3.05, 3.63) is 96.1 Å². The monoisotopic (exact) mass is 371 g/mol. The van der Waals surface area contributed by atoms with Gasteiger partial charge in [-0.2, -0.15) is 0 Å². The van der Waals surface area contributed by atoms with E-state index in [4.69, 9.17) is 0 Å². The van der Waals surface area contributed by atoms with Crippen molar-refractivity contribution in [2.24, 2.45) is 0 Å². The fraction of sp³-hybridized carbons (Fsp3) is 0.208. The minimum Gasteiger partial charge on any atom is -0.369 e. The molecule has 0 aliphatic carbocycles. The SMILES string of the molecule is O=C(Nc1ccc(N2CCN(Cc3ccccc3)CC2)cc1)c1ccccc1. The lowest BCUT2D eigenvalue weighted by molar-refractivity contribution is 0.102. The van der Waals surface area contributed by atoms with E-state index in [-0.39, 0.29) is 5.91 Å². The summed E-state index contributed by atoms with van der Waals surface area (Å²) in [6.07, 6.45) is 0. The number of piperazine rings is 1. The number of carbonyl (C=O) groups excluding carboxylic acids is 1. The molecular weight excluding hydrogens is 346 g/mol. The van der Waals surface area contributed by atoms with E-state index in [9.17, 15) is 4.79 Å². The van der Waals surface area contributed by atoms with Crippen LogP contribution in [0.1, 0.15) is 15.9 Å². The maximum absolute atomic E-state index is 12.3. The second kappa shape index (κ2) is 8.72. The molecular formula is C24H25N3O. The van der Waals surface area contributed by atoms with E-state index in [0.29, 0.717) is 5.56 Å². The largest absolute Gasteiger partial charge is 0.369 e. The molecule has 0 unspecified atom stereocenters. The Morgan fingerprint density at radius 2 is 1.36 bits per heavy atom. The average molecular weight is 371 g/mol. The quantitative estimate of drug-likeness (QED) is 0.728. The lowest BCUT2D eigenvalue weighted by Gasteiger charge is -2.36. The molecule has 142 valence electrons. The normalized spacial score (nSPS) is 14.6. The van der Waals surface area contributed by atoms with Gasteiger partial charge in [0.25, 0.3) is 5.91 Å². The van der Waals surface area contributed by atoms with Crippen LogP contribution in [0.3, 0.4) is 0 Å². The van der Waals surface area contributed by atoms with Crippen LogP contribution in [-0.2, 0) is 6.54 Å². The highest BCUT2D eigenvalue weighted by atomic mass is 16.1. The van der Waals surface area contributed by atoms with Gasteiger partial charge in [-0.15, -0.1) is 0 Å². The van der Waals surface area contributed by atoms with Crippen molar-refractivity contribution in [1.29, 1.82) is 0 Å². The summed E-state index contributed by atoms with van der Waals surface area (Å²) in [4.78, 5) is 17.2. The number of rotatable bonds is 5. The first-order chi connectivity index (χ1) is 13.8. The van der Waals surface area contributed by atoms with Crippen molar-refractivity contribution >= 4 is 17.3 Å². The predicted molar refractivity (Wildman–Crippen MR) is 115 cm³/mol. The Bertz CT molecular complexity index is 886. The number of nitrogens with zero attached hydrogens (tertiary/aromatic N) is 2. The maximum Gasteiger partial charge on any atom is 0.255 e. The molecule has 1 aliphatic heterocycles. The number of carbonyl (C=O) groups is 1. The van der Waals surface area contributed by atoms with Gasteiger partial charge in [-0.1, -0.05) is 48.5 Å². The number of amides is 1. The standard InChI is InChI=1S/C24H25N3O/c28-24(21-9-5-2-6-10-21)25-22-11-13-23(14-12-22)27-17-15-26(16-18-27)19-20-7-3-1-4-8-20/h1-14H,15-19H2,(H,25,28). The molecule has 3 aromatic rings. The third-order valence-corrected chi connectivity index (χ3v) is 5.15. The summed E-state index contributed by atoms with van der Waals surface area (Å²) in [6, 6.07) is 28.1. The van der Waals surface area contributed by atoms with E-state index in [0.717, 1.165) is 38.4 Å². The first kappa shape index (κ1) is 18.3. The van der Waals surface area contributed by atoms with Crippen molar-refractivity contribution in [1.82, 2.24) is 4.90 Å². The van der Waals surface area contributed by atoms with Gasteiger partial charge in [-0.3, -0.25) is 9.69 Å². The van der Waals surface area contributed by atoms with Crippen molar-refractivity contribution in [3.63, 3.8) is 0 Å². The number of hydrogen-bond acceptors (Lipinski definition) is 3. The Balaban J connectivity index is 1.30. The van der Waals surface area contributed by atoms with Crippen LogP contribution in [0.25, 0.3) is 0 Å². The molecule has 0 saturated carbocycles. The first-order valence-electron chi connectivity index (χ1n) is 9.76. The van der Waals surface area contributed by atoms with Gasteiger partial charge in [0.2, 0.25) is 0 Å². The highest BCUT2D eigenvalue weighted by molar-refractivity contribution is 6.04. The Morgan fingerprint density at radius 1 is 0.750 bits per heavy atom. The highest BCUT2D eigenvalue weighted by Gasteiger charge is 2.17. The van der Waals surface area contributed by atoms with Gasteiger partial charge in [-0.25, -0.2) is 0 Å². The topological polar surface area (TPSA) is 35.6 Å². The summed E-state index contributed by atoms with van der Waals surface area (Å²) >= 11 is 0. The zero-order valence-electron chi connectivity index (χ0n) is 15.9. The van der Waals surface area contributed by atoms with E-state index in [1.54, 1.807) is 0 Å². The molecule has 0 spiro atoms. The molecule has 3 aromatic carbocycles. The van der Waals surface area contributed by atoms with Crippen LogP contribution >= 0.6 is 0 Å². The van der Waals surface area contributed by atoms with Crippen molar-refractivity contribution in [3.8, 4) is 0 Å². The summed E-state index contributed by atoms with van der Waals surface area (Å²) in [5.41, 5.74) is 4.06. The molecule has 4 heteroatoms. The van der Waals surface area contributed by atoms with Crippen molar-refractivity contribution < 1.29 is 4.79 Å². The van der Waals surface area contributed by atoms with Crippen LogP contribution in [-0.4, -0.2) is 37.0 Å². The molecule has 1 fully saturated rings. The number of anilines is 2. The molecule has 1 saturated heterocycles. The molecule has 1 aliphatic rings. The van der Waals surface area contributed by atoms with E-state index in [1.165, 1.54) is 11.3 Å². The molecule has 1 heterocycles. The molecule has 0 atom stereocenters. The Hall–Kier alpha value is -3.11. The highest BCUT2D eigenvalue weighted by Crippen LogP contribution is 2.20. The maximum atomic E-state index is 12.3. The van der Waals surface area contributed by atoms with Gasteiger partial charge in [0.1, 0.15) is 0 Å². The fourth-order valence-electron chi connectivity index (χ4n) is 3.55. The summed E-state index contributed by atoms with van der Waals surface area (Å²) < 4.78 is 0. The van der Waals surface area contributed by atoms with Crippen molar-refractivity contribution in [2.45, 2.75) is 6.54 Å². The third-order valence-electron chi connectivity index (χ3n) is 5.15. The average Bonchev–Trinajstić information content (AvgIpc) is 2.76. The summed E-state index contributed by atoms with van der Waals surface area (Å²) in [6.45, 7) is 5.16. The van der Waals surface area contributed by atoms with E-state index in [1.807, 2.05) is 42.5 Å². The van der Waals surface area contributed by atoms with E-state index >= 15 is 0 Å². The van der Waals surface area contributed by atoms with Crippen LogP contribution in [0.15, 0.2) is 84.9 Å². The van der Waals surface area contributed by atoms with Gasteiger partial charge in [-0.05, 0) is 42.0 Å². The van der Waals surface area contributed by atoms with Crippen LogP contribution < -0.4 is 10.2 Å². The summed E-state index contributed by atoms with van der Waals surface area (Å²) in [5.74, 6) is -0.0807. The van der Waals surface area contributed by atoms with Crippen LogP contribution in [0.5, 0.6) is 0 Å². The lowest BCUT2D eigenvalue weighted by atomic mass is 10.2. The third kappa shape index (κ3) is 4.59. The second-order valence-electron chi connectivity index (χ2n) is 7.12. The van der Waals surface area contributed by atoms with Gasteiger partial charge in [0, 0.05) is 49.7 Å². The second-order valence-corrected chi connectivity index (χ2v) is 7.12. The van der Waals surface area contributed by atoms with E-state index < -0.39 is 0 Å². The summed E-state index contributed by atoms with van der Waals surface area (Å²) in [5, 5.41) is 2.96. The lowest BCUT2D eigenvalue weighted by Crippen LogP contribution is -2.45. The van der Waals surface area contributed by atoms with Crippen molar-refractivity contribution in [2.75, 3.05) is 36.4 Å². The molecule has 4 nitrogen and oxygen atoms in total. The molecule has 4 rings (SSSR count).